The van der Waals surface area contributed by atoms with Gasteiger partial charge in [-0.25, -0.2) is 0 Å². The molecule has 1 N–H and O–H groups in total. The summed E-state index contributed by atoms with van der Waals surface area (Å²) in [7, 11) is 1.67. The molecule has 3 aromatic rings. The molecular weight excluding hydrogens is 376 g/mol. The normalized spacial score (nSPS) is 15.6. The zero-order valence-electron chi connectivity index (χ0n) is 15.8. The molecule has 1 aliphatic rings. The molecule has 1 aliphatic heterocycles. The Labute approximate surface area is 169 Å². The van der Waals surface area contributed by atoms with Gasteiger partial charge in [-0.2, -0.15) is 0 Å². The fourth-order valence-corrected chi connectivity index (χ4v) is 3.84. The van der Waals surface area contributed by atoms with Crippen LogP contribution in [0.2, 0.25) is 5.02 Å². The zero-order chi connectivity index (χ0) is 19.5. The Balaban J connectivity index is 1.30. The van der Waals surface area contributed by atoms with Crippen LogP contribution >= 0.6 is 11.6 Å². The highest BCUT2D eigenvalue weighted by molar-refractivity contribution is 6.34. The highest BCUT2D eigenvalue weighted by Gasteiger charge is 2.23. The van der Waals surface area contributed by atoms with Crippen LogP contribution in [0.4, 0.5) is 0 Å². The smallest absolute Gasteiger partial charge is 0.287 e. The summed E-state index contributed by atoms with van der Waals surface area (Å²) in [5, 5.41) is 4.45. The minimum Gasteiger partial charge on any atom is -0.497 e. The number of methoxy groups -OCH3 is 1. The first-order chi connectivity index (χ1) is 13.6. The number of para-hydroxylation sites is 1. The Hall–Kier alpha value is -2.50. The number of fused-ring (bicyclic) bond motifs is 1. The van der Waals surface area contributed by atoms with E-state index in [1.165, 1.54) is 5.56 Å². The maximum atomic E-state index is 12.6. The van der Waals surface area contributed by atoms with Crippen LogP contribution in [0.5, 0.6) is 5.75 Å². The molecule has 6 heteroatoms. The van der Waals surface area contributed by atoms with Crippen LogP contribution in [0.15, 0.2) is 52.9 Å². The topological polar surface area (TPSA) is 54.7 Å². The number of nitrogens with zero attached hydrogens (tertiary/aromatic N) is 1. The van der Waals surface area contributed by atoms with Gasteiger partial charge < -0.3 is 14.5 Å². The molecule has 1 saturated heterocycles. The van der Waals surface area contributed by atoms with Gasteiger partial charge in [0, 0.05) is 31.1 Å². The van der Waals surface area contributed by atoms with E-state index in [2.05, 4.69) is 22.3 Å². The lowest BCUT2D eigenvalue weighted by molar-refractivity contribution is 0.0883. The average Bonchev–Trinajstić information content (AvgIpc) is 3.16. The van der Waals surface area contributed by atoms with Crippen molar-refractivity contribution in [3.8, 4) is 5.75 Å². The van der Waals surface area contributed by atoms with Gasteiger partial charge in [0.05, 0.1) is 12.1 Å². The summed E-state index contributed by atoms with van der Waals surface area (Å²) >= 11 is 6.13. The number of ether oxygens (including phenoxy) is 1. The number of benzene rings is 2. The van der Waals surface area contributed by atoms with Crippen molar-refractivity contribution in [2.24, 2.45) is 0 Å². The lowest BCUT2D eigenvalue weighted by atomic mass is 10.0. The van der Waals surface area contributed by atoms with Crippen molar-refractivity contribution in [2.75, 3.05) is 20.2 Å². The van der Waals surface area contributed by atoms with Gasteiger partial charge in [0.1, 0.15) is 5.75 Å². The minimum atomic E-state index is -0.180. The van der Waals surface area contributed by atoms with Crippen LogP contribution in [0.25, 0.3) is 11.0 Å². The van der Waals surface area contributed by atoms with Crippen molar-refractivity contribution >= 4 is 28.5 Å². The lowest BCUT2D eigenvalue weighted by Gasteiger charge is -2.32. The van der Waals surface area contributed by atoms with Crippen LogP contribution < -0.4 is 10.1 Å². The minimum absolute atomic E-state index is 0.156. The SMILES string of the molecule is COc1ccc(CN2CCC(NC(=O)c3cc4cccc(Cl)c4o3)CC2)cc1. The molecule has 4 rings (SSSR count). The van der Waals surface area contributed by atoms with Crippen molar-refractivity contribution in [1.82, 2.24) is 10.2 Å². The number of hydrogen-bond acceptors (Lipinski definition) is 4. The molecule has 2 aromatic carbocycles. The highest BCUT2D eigenvalue weighted by atomic mass is 35.5. The van der Waals surface area contributed by atoms with Crippen LogP contribution in [0.3, 0.4) is 0 Å². The van der Waals surface area contributed by atoms with Crippen molar-refractivity contribution in [3.63, 3.8) is 0 Å². The summed E-state index contributed by atoms with van der Waals surface area (Å²) in [4.78, 5) is 15.0. The fraction of sp³-hybridized carbons (Fsp3) is 0.318. The summed E-state index contributed by atoms with van der Waals surface area (Å²) in [6.45, 7) is 2.80. The number of rotatable bonds is 5. The number of piperidine rings is 1. The Morgan fingerprint density at radius 1 is 1.21 bits per heavy atom. The molecule has 1 aromatic heterocycles. The quantitative estimate of drug-likeness (QED) is 0.688. The molecule has 0 bridgehead atoms. The molecule has 1 fully saturated rings. The van der Waals surface area contributed by atoms with E-state index in [4.69, 9.17) is 20.8 Å². The van der Waals surface area contributed by atoms with E-state index < -0.39 is 0 Å². The third-order valence-electron chi connectivity index (χ3n) is 5.21. The number of carbonyl (C=O) groups excluding carboxylic acids is 1. The van der Waals surface area contributed by atoms with E-state index in [1.807, 2.05) is 24.3 Å². The molecule has 0 spiro atoms. The molecular formula is C22H23ClN2O3. The van der Waals surface area contributed by atoms with E-state index in [-0.39, 0.29) is 11.9 Å². The number of nitrogens with one attached hydrogen (secondary N) is 1. The second kappa shape index (κ2) is 8.25. The van der Waals surface area contributed by atoms with Gasteiger partial charge in [0.25, 0.3) is 5.91 Å². The van der Waals surface area contributed by atoms with Gasteiger partial charge in [-0.15, -0.1) is 0 Å². The Morgan fingerprint density at radius 3 is 2.64 bits per heavy atom. The Morgan fingerprint density at radius 2 is 1.96 bits per heavy atom. The molecule has 5 nitrogen and oxygen atoms in total. The van der Waals surface area contributed by atoms with Gasteiger partial charge in [0.2, 0.25) is 0 Å². The van der Waals surface area contributed by atoms with Crippen LogP contribution in [0.1, 0.15) is 29.0 Å². The van der Waals surface area contributed by atoms with E-state index in [1.54, 1.807) is 19.2 Å². The number of halogens is 1. The van der Waals surface area contributed by atoms with Crippen LogP contribution in [-0.4, -0.2) is 37.0 Å². The number of furan rings is 1. The number of hydrogen-bond donors (Lipinski definition) is 1. The largest absolute Gasteiger partial charge is 0.497 e. The number of amides is 1. The summed E-state index contributed by atoms with van der Waals surface area (Å²) in [5.74, 6) is 1.00. The highest BCUT2D eigenvalue weighted by Crippen LogP contribution is 2.26. The molecule has 0 aliphatic carbocycles. The Bertz CT molecular complexity index is 960. The van der Waals surface area contributed by atoms with Gasteiger partial charge >= 0.3 is 0 Å². The fourth-order valence-electron chi connectivity index (χ4n) is 3.62. The average molecular weight is 399 g/mol. The first-order valence-electron chi connectivity index (χ1n) is 9.46. The second-order valence-electron chi connectivity index (χ2n) is 7.14. The van der Waals surface area contributed by atoms with Crippen molar-refractivity contribution in [3.05, 3.63) is 64.9 Å². The number of carbonyl (C=O) groups is 1. The first kappa shape index (κ1) is 18.8. The van der Waals surface area contributed by atoms with E-state index in [9.17, 15) is 4.79 Å². The molecule has 0 unspecified atom stereocenters. The van der Waals surface area contributed by atoms with E-state index in [0.717, 1.165) is 43.6 Å². The molecule has 0 atom stereocenters. The summed E-state index contributed by atoms with van der Waals surface area (Å²) in [5.41, 5.74) is 1.83. The lowest BCUT2D eigenvalue weighted by Crippen LogP contribution is -2.44. The summed E-state index contributed by atoms with van der Waals surface area (Å²) in [6, 6.07) is 15.6. The molecule has 28 heavy (non-hydrogen) atoms. The van der Waals surface area contributed by atoms with Gasteiger partial charge in [-0.05, 0) is 42.7 Å². The molecule has 0 radical (unpaired) electrons. The standard InChI is InChI=1S/C22H23ClN2O3/c1-27-18-7-5-15(6-8-18)14-25-11-9-17(10-12-25)24-22(26)20-13-16-3-2-4-19(23)21(16)28-20/h2-8,13,17H,9-12,14H2,1H3,(H,24,26). The zero-order valence-corrected chi connectivity index (χ0v) is 16.5. The Kier molecular flexibility index (Phi) is 5.55. The van der Waals surface area contributed by atoms with Crippen molar-refractivity contribution < 1.29 is 13.9 Å². The molecule has 1 amide bonds. The van der Waals surface area contributed by atoms with Gasteiger partial charge in [0.15, 0.2) is 11.3 Å². The van der Waals surface area contributed by atoms with E-state index >= 15 is 0 Å². The third kappa shape index (κ3) is 4.16. The second-order valence-corrected chi connectivity index (χ2v) is 7.55. The summed E-state index contributed by atoms with van der Waals surface area (Å²) < 4.78 is 10.9. The van der Waals surface area contributed by atoms with Crippen LogP contribution in [-0.2, 0) is 6.54 Å². The molecule has 0 saturated carbocycles. The van der Waals surface area contributed by atoms with E-state index in [0.29, 0.717) is 16.4 Å². The summed E-state index contributed by atoms with van der Waals surface area (Å²) in [6.07, 6.45) is 1.84. The predicted molar refractivity (Wildman–Crippen MR) is 110 cm³/mol. The van der Waals surface area contributed by atoms with Crippen molar-refractivity contribution in [2.45, 2.75) is 25.4 Å². The van der Waals surface area contributed by atoms with Gasteiger partial charge in [-0.1, -0.05) is 35.9 Å². The van der Waals surface area contributed by atoms with Crippen molar-refractivity contribution in [1.29, 1.82) is 0 Å². The third-order valence-corrected chi connectivity index (χ3v) is 5.51. The molecule has 146 valence electrons. The maximum absolute atomic E-state index is 12.6. The van der Waals surface area contributed by atoms with Crippen LogP contribution in [0, 0.1) is 0 Å². The number of likely N-dealkylation sites (tertiary alicyclic amines) is 1. The predicted octanol–water partition coefficient (Wildman–Crippen LogP) is 4.49. The monoisotopic (exact) mass is 398 g/mol. The molecule has 2 heterocycles. The van der Waals surface area contributed by atoms with Gasteiger partial charge in [-0.3, -0.25) is 9.69 Å². The maximum Gasteiger partial charge on any atom is 0.287 e. The first-order valence-corrected chi connectivity index (χ1v) is 9.84.